The van der Waals surface area contributed by atoms with Crippen LogP contribution in [0.15, 0.2) is 11.1 Å². The van der Waals surface area contributed by atoms with E-state index in [0.29, 0.717) is 0 Å². The smallest absolute Gasteiger partial charge is 0.00129 e. The van der Waals surface area contributed by atoms with E-state index in [2.05, 4.69) is 13.8 Å². The quantitative estimate of drug-likeness (QED) is 0.418. The molecule has 0 aliphatic heterocycles. The lowest BCUT2D eigenvalue weighted by molar-refractivity contribution is 0.601. The van der Waals surface area contributed by atoms with E-state index < -0.39 is 0 Å². The van der Waals surface area contributed by atoms with E-state index in [-0.39, 0.29) is 0 Å². The van der Waals surface area contributed by atoms with Crippen molar-refractivity contribution in [2.45, 2.75) is 26.7 Å². The Morgan fingerprint density at radius 3 is 2.38 bits per heavy atom. The SMILES string of the molecule is CC1CCC2=C1[C@H]2C. The van der Waals surface area contributed by atoms with E-state index in [1.165, 1.54) is 12.8 Å². The van der Waals surface area contributed by atoms with E-state index in [1.54, 1.807) is 11.1 Å². The molecule has 0 fully saturated rings. The van der Waals surface area contributed by atoms with Crippen LogP contribution in [0.5, 0.6) is 0 Å². The summed E-state index contributed by atoms with van der Waals surface area (Å²) in [6.45, 7) is 4.69. The highest BCUT2D eigenvalue weighted by Crippen LogP contribution is 2.53. The summed E-state index contributed by atoms with van der Waals surface area (Å²) in [7, 11) is 0. The van der Waals surface area contributed by atoms with Crippen molar-refractivity contribution >= 4 is 0 Å². The zero-order valence-electron chi connectivity index (χ0n) is 5.57. The zero-order valence-corrected chi connectivity index (χ0v) is 5.57. The minimum atomic E-state index is 0.929. The highest BCUT2D eigenvalue weighted by molar-refractivity contribution is 5.44. The first-order valence-electron chi connectivity index (χ1n) is 3.53. The summed E-state index contributed by atoms with van der Waals surface area (Å²) in [5, 5.41) is 0. The summed E-state index contributed by atoms with van der Waals surface area (Å²) in [6.07, 6.45) is 2.85. The maximum absolute atomic E-state index is 2.35. The molecule has 0 aromatic heterocycles. The summed E-state index contributed by atoms with van der Waals surface area (Å²) in [5.41, 5.74) is 3.59. The van der Waals surface area contributed by atoms with Gasteiger partial charge >= 0.3 is 0 Å². The summed E-state index contributed by atoms with van der Waals surface area (Å²) in [6, 6.07) is 0. The van der Waals surface area contributed by atoms with E-state index in [0.717, 1.165) is 11.8 Å². The molecule has 0 nitrogen and oxygen atoms in total. The van der Waals surface area contributed by atoms with Crippen LogP contribution in [0.25, 0.3) is 0 Å². The molecular weight excluding hydrogens is 96.1 g/mol. The normalized spacial score (nSPS) is 42.8. The second-order valence-electron chi connectivity index (χ2n) is 3.14. The average Bonchev–Trinajstić information content (AvgIpc) is 2.13. The van der Waals surface area contributed by atoms with Gasteiger partial charge in [-0.15, -0.1) is 0 Å². The molecule has 0 spiro atoms. The molecule has 2 aliphatic rings. The summed E-state index contributed by atoms with van der Waals surface area (Å²) in [5.74, 6) is 1.87. The molecule has 0 heterocycles. The van der Waals surface area contributed by atoms with Gasteiger partial charge in [-0.3, -0.25) is 0 Å². The number of rotatable bonds is 0. The minimum Gasteiger partial charge on any atom is -0.0632 e. The van der Waals surface area contributed by atoms with Crippen LogP contribution in [-0.2, 0) is 0 Å². The minimum absolute atomic E-state index is 0.929. The Balaban J connectivity index is 2.19. The maximum Gasteiger partial charge on any atom is -0.00129 e. The van der Waals surface area contributed by atoms with Crippen LogP contribution in [0.1, 0.15) is 26.7 Å². The second-order valence-corrected chi connectivity index (χ2v) is 3.14. The van der Waals surface area contributed by atoms with E-state index >= 15 is 0 Å². The Kier molecular flexibility index (Phi) is 0.677. The van der Waals surface area contributed by atoms with Crippen LogP contribution in [0.4, 0.5) is 0 Å². The Hall–Kier alpha value is -0.260. The molecular formula is C8H12. The van der Waals surface area contributed by atoms with Crippen LogP contribution in [0.2, 0.25) is 0 Å². The van der Waals surface area contributed by atoms with E-state index in [4.69, 9.17) is 0 Å². The Morgan fingerprint density at radius 2 is 2.12 bits per heavy atom. The van der Waals surface area contributed by atoms with Crippen LogP contribution >= 0.6 is 0 Å². The van der Waals surface area contributed by atoms with Gasteiger partial charge in [0, 0.05) is 0 Å². The van der Waals surface area contributed by atoms with Crippen molar-refractivity contribution in [3.8, 4) is 0 Å². The lowest BCUT2D eigenvalue weighted by Gasteiger charge is -2.05. The first kappa shape index (κ1) is 4.60. The van der Waals surface area contributed by atoms with Gasteiger partial charge in [-0.1, -0.05) is 25.0 Å². The Morgan fingerprint density at radius 1 is 1.38 bits per heavy atom. The molecule has 0 saturated heterocycles. The fourth-order valence-electron chi connectivity index (χ4n) is 2.05. The van der Waals surface area contributed by atoms with Gasteiger partial charge in [0.2, 0.25) is 0 Å². The van der Waals surface area contributed by atoms with Gasteiger partial charge in [-0.05, 0) is 24.7 Å². The Labute approximate surface area is 50.6 Å². The van der Waals surface area contributed by atoms with Gasteiger partial charge in [0.15, 0.2) is 0 Å². The summed E-state index contributed by atoms with van der Waals surface area (Å²) >= 11 is 0. The predicted molar refractivity (Wildman–Crippen MR) is 34.6 cm³/mol. The van der Waals surface area contributed by atoms with Crippen molar-refractivity contribution in [3.05, 3.63) is 11.1 Å². The second kappa shape index (κ2) is 1.18. The van der Waals surface area contributed by atoms with Gasteiger partial charge in [0.25, 0.3) is 0 Å². The van der Waals surface area contributed by atoms with Crippen molar-refractivity contribution in [1.29, 1.82) is 0 Å². The zero-order chi connectivity index (χ0) is 5.72. The third-order valence-corrected chi connectivity index (χ3v) is 2.65. The van der Waals surface area contributed by atoms with Crippen molar-refractivity contribution in [3.63, 3.8) is 0 Å². The monoisotopic (exact) mass is 108 g/mol. The van der Waals surface area contributed by atoms with E-state index in [1.807, 2.05) is 0 Å². The summed E-state index contributed by atoms with van der Waals surface area (Å²) < 4.78 is 0. The molecule has 2 rings (SSSR count). The number of hydrogen-bond acceptors (Lipinski definition) is 0. The van der Waals surface area contributed by atoms with Gasteiger partial charge in [0.1, 0.15) is 0 Å². The molecule has 1 unspecified atom stereocenters. The van der Waals surface area contributed by atoms with E-state index in [9.17, 15) is 0 Å². The van der Waals surface area contributed by atoms with Crippen molar-refractivity contribution < 1.29 is 0 Å². The van der Waals surface area contributed by atoms with Crippen LogP contribution in [0.3, 0.4) is 0 Å². The largest absolute Gasteiger partial charge is 0.0632 e. The molecule has 8 heavy (non-hydrogen) atoms. The average molecular weight is 108 g/mol. The fraction of sp³-hybridized carbons (Fsp3) is 0.750. The fourth-order valence-corrected chi connectivity index (χ4v) is 2.05. The third kappa shape index (κ3) is 0.367. The van der Waals surface area contributed by atoms with Crippen molar-refractivity contribution in [2.24, 2.45) is 11.8 Å². The Bertz CT molecular complexity index is 153. The summed E-state index contributed by atoms with van der Waals surface area (Å²) in [4.78, 5) is 0. The van der Waals surface area contributed by atoms with Gasteiger partial charge in [-0.25, -0.2) is 0 Å². The van der Waals surface area contributed by atoms with Crippen LogP contribution in [-0.4, -0.2) is 0 Å². The van der Waals surface area contributed by atoms with Crippen LogP contribution in [0, 0.1) is 11.8 Å². The molecule has 2 aliphatic carbocycles. The number of hydrogen-bond donors (Lipinski definition) is 0. The lowest BCUT2D eigenvalue weighted by atomic mass is 10.00. The lowest BCUT2D eigenvalue weighted by Crippen LogP contribution is -1.93. The molecule has 0 aromatic rings. The predicted octanol–water partition coefficient (Wildman–Crippen LogP) is 2.36. The van der Waals surface area contributed by atoms with Crippen molar-refractivity contribution in [1.82, 2.24) is 0 Å². The molecule has 44 valence electrons. The molecule has 0 saturated carbocycles. The first-order chi connectivity index (χ1) is 3.80. The molecule has 0 heteroatoms. The standard InChI is InChI=1S/C8H12/c1-5-3-4-7-6(2)8(5)7/h5-6H,3-4H2,1-2H3/t5?,6-/m0/s1. The van der Waals surface area contributed by atoms with Gasteiger partial charge in [-0.2, -0.15) is 0 Å². The highest BCUT2D eigenvalue weighted by Gasteiger charge is 2.39. The van der Waals surface area contributed by atoms with Gasteiger partial charge in [0.05, 0.1) is 0 Å². The number of allylic oxidation sites excluding steroid dienone is 2. The molecule has 0 bridgehead atoms. The van der Waals surface area contributed by atoms with Crippen LogP contribution < -0.4 is 0 Å². The molecule has 0 aromatic carbocycles. The molecule has 0 N–H and O–H groups in total. The molecule has 2 atom stereocenters. The highest BCUT2D eigenvalue weighted by atomic mass is 14.4. The first-order valence-corrected chi connectivity index (χ1v) is 3.53. The third-order valence-electron chi connectivity index (χ3n) is 2.65. The molecule has 0 radical (unpaired) electrons. The van der Waals surface area contributed by atoms with Gasteiger partial charge < -0.3 is 0 Å². The topological polar surface area (TPSA) is 0 Å². The maximum atomic E-state index is 2.35. The van der Waals surface area contributed by atoms with Crippen molar-refractivity contribution in [2.75, 3.05) is 0 Å². The molecule has 0 amide bonds.